The Morgan fingerprint density at radius 1 is 0.758 bits per heavy atom. The molecule has 4 amide bonds. The average Bonchev–Trinajstić information content (AvgIpc) is 3.25. The lowest BCUT2D eigenvalue weighted by Crippen LogP contribution is -2.33. The molecule has 9 nitrogen and oxygen atoms in total. The Balaban J connectivity index is 1.41. The first-order valence-corrected chi connectivity index (χ1v) is 10.3. The van der Waals surface area contributed by atoms with Crippen LogP contribution in [0.4, 0.5) is 26.7 Å². The number of hydrogen-bond acceptors (Lipinski definition) is 4. The van der Waals surface area contributed by atoms with Gasteiger partial charge in [0, 0.05) is 17.1 Å². The standard InChI is InChI=1S/C24H23N7O2/c1-16-25-22(31-30-16)21(17-9-4-2-5-10-17)29-24(33)28-20-14-8-13-19(15-20)27-23(32)26-18-11-6-3-7-12-18/h2-15,21H,1H3,(H,25,30,31)(H2,26,27,32)(H2,28,29,33). The fourth-order valence-corrected chi connectivity index (χ4v) is 3.22. The fourth-order valence-electron chi connectivity index (χ4n) is 3.22. The molecular weight excluding hydrogens is 418 g/mol. The molecule has 4 rings (SSSR count). The minimum atomic E-state index is -0.533. The van der Waals surface area contributed by atoms with E-state index in [2.05, 4.69) is 36.4 Å². The Kier molecular flexibility index (Phi) is 6.60. The molecule has 3 aromatic carbocycles. The molecule has 0 aliphatic carbocycles. The van der Waals surface area contributed by atoms with Crippen molar-refractivity contribution in [1.82, 2.24) is 20.5 Å². The van der Waals surface area contributed by atoms with Crippen LogP contribution in [-0.2, 0) is 0 Å². The molecule has 1 aromatic heterocycles. The van der Waals surface area contributed by atoms with E-state index < -0.39 is 12.1 Å². The first-order valence-electron chi connectivity index (χ1n) is 10.3. The molecular formula is C24H23N7O2. The Labute approximate surface area is 190 Å². The smallest absolute Gasteiger partial charge is 0.323 e. The minimum Gasteiger partial charge on any atom is -0.324 e. The number of urea groups is 2. The normalized spacial score (nSPS) is 11.3. The topological polar surface area (TPSA) is 124 Å². The summed E-state index contributed by atoms with van der Waals surface area (Å²) < 4.78 is 0. The molecule has 0 radical (unpaired) electrons. The number of nitrogens with zero attached hydrogens (tertiary/aromatic N) is 2. The summed E-state index contributed by atoms with van der Waals surface area (Å²) in [6.07, 6.45) is 0. The number of benzene rings is 3. The SMILES string of the molecule is Cc1nc(C(NC(=O)Nc2cccc(NC(=O)Nc3ccccc3)c2)c2ccccc2)n[nH]1. The van der Waals surface area contributed by atoms with Gasteiger partial charge in [0.05, 0.1) is 0 Å². The van der Waals surface area contributed by atoms with E-state index in [9.17, 15) is 9.59 Å². The van der Waals surface area contributed by atoms with E-state index in [1.54, 1.807) is 43.3 Å². The third kappa shape index (κ3) is 5.95. The first-order chi connectivity index (χ1) is 16.1. The summed E-state index contributed by atoms with van der Waals surface area (Å²) >= 11 is 0. The van der Waals surface area contributed by atoms with Crippen molar-refractivity contribution in [1.29, 1.82) is 0 Å². The summed E-state index contributed by atoms with van der Waals surface area (Å²) in [6, 6.07) is 24.1. The summed E-state index contributed by atoms with van der Waals surface area (Å²) in [6.45, 7) is 1.80. The summed E-state index contributed by atoms with van der Waals surface area (Å²) in [5.74, 6) is 1.11. The maximum Gasteiger partial charge on any atom is 0.323 e. The van der Waals surface area contributed by atoms with Gasteiger partial charge in [-0.2, -0.15) is 5.10 Å². The number of carbonyl (C=O) groups is 2. The number of amides is 4. The molecule has 0 fully saturated rings. The van der Waals surface area contributed by atoms with Crippen LogP contribution < -0.4 is 21.3 Å². The van der Waals surface area contributed by atoms with Crippen molar-refractivity contribution >= 4 is 29.1 Å². The van der Waals surface area contributed by atoms with Gasteiger partial charge in [-0.25, -0.2) is 14.6 Å². The second-order valence-corrected chi connectivity index (χ2v) is 7.25. The predicted octanol–water partition coefficient (Wildman–Crippen LogP) is 4.67. The Morgan fingerprint density at radius 2 is 1.33 bits per heavy atom. The molecule has 1 heterocycles. The Bertz CT molecular complexity index is 1230. The van der Waals surface area contributed by atoms with Gasteiger partial charge >= 0.3 is 12.1 Å². The first kappa shape index (κ1) is 21.6. The number of nitrogens with one attached hydrogen (secondary N) is 5. The molecule has 0 aliphatic heterocycles. The van der Waals surface area contributed by atoms with Crippen molar-refractivity contribution in [2.45, 2.75) is 13.0 Å². The number of aryl methyl sites for hydroxylation is 1. The van der Waals surface area contributed by atoms with E-state index in [1.807, 2.05) is 48.5 Å². The van der Waals surface area contributed by atoms with Gasteiger partial charge in [-0.15, -0.1) is 0 Å². The van der Waals surface area contributed by atoms with Crippen LogP contribution in [0.5, 0.6) is 0 Å². The fraction of sp³-hybridized carbons (Fsp3) is 0.0833. The zero-order valence-electron chi connectivity index (χ0n) is 17.9. The van der Waals surface area contributed by atoms with Gasteiger partial charge in [0.2, 0.25) is 0 Å². The van der Waals surface area contributed by atoms with Crippen LogP contribution in [0.2, 0.25) is 0 Å². The van der Waals surface area contributed by atoms with Crippen LogP contribution in [0.25, 0.3) is 0 Å². The lowest BCUT2D eigenvalue weighted by Gasteiger charge is -2.17. The molecule has 0 spiro atoms. The van der Waals surface area contributed by atoms with E-state index in [0.29, 0.717) is 28.7 Å². The Hall–Kier alpha value is -4.66. The average molecular weight is 441 g/mol. The van der Waals surface area contributed by atoms with Crippen LogP contribution in [0.15, 0.2) is 84.9 Å². The van der Waals surface area contributed by atoms with Gasteiger partial charge in [-0.05, 0) is 42.8 Å². The monoisotopic (exact) mass is 441 g/mol. The zero-order chi connectivity index (χ0) is 23.0. The lowest BCUT2D eigenvalue weighted by molar-refractivity contribution is 0.249. The van der Waals surface area contributed by atoms with Gasteiger partial charge in [0.25, 0.3) is 0 Å². The summed E-state index contributed by atoms with van der Waals surface area (Å²) in [7, 11) is 0. The highest BCUT2D eigenvalue weighted by atomic mass is 16.2. The van der Waals surface area contributed by atoms with Gasteiger partial charge in [-0.3, -0.25) is 5.10 Å². The number of hydrogen-bond donors (Lipinski definition) is 5. The third-order valence-electron chi connectivity index (χ3n) is 4.69. The third-order valence-corrected chi connectivity index (χ3v) is 4.69. The maximum absolute atomic E-state index is 12.8. The summed E-state index contributed by atoms with van der Waals surface area (Å²) in [5.41, 5.74) is 2.57. The van der Waals surface area contributed by atoms with Crippen molar-refractivity contribution in [3.63, 3.8) is 0 Å². The van der Waals surface area contributed by atoms with Crippen LogP contribution >= 0.6 is 0 Å². The highest BCUT2D eigenvalue weighted by molar-refractivity contribution is 6.00. The zero-order valence-corrected chi connectivity index (χ0v) is 17.9. The predicted molar refractivity (Wildman–Crippen MR) is 127 cm³/mol. The van der Waals surface area contributed by atoms with E-state index >= 15 is 0 Å². The summed E-state index contributed by atoms with van der Waals surface area (Å²) in [5, 5.41) is 18.2. The van der Waals surface area contributed by atoms with Crippen LogP contribution in [-0.4, -0.2) is 27.2 Å². The number of carbonyl (C=O) groups excluding carboxylic acids is 2. The number of anilines is 3. The molecule has 166 valence electrons. The largest absolute Gasteiger partial charge is 0.324 e. The van der Waals surface area contributed by atoms with E-state index in [0.717, 1.165) is 5.56 Å². The number of H-pyrrole nitrogens is 1. The molecule has 0 saturated heterocycles. The molecule has 33 heavy (non-hydrogen) atoms. The highest BCUT2D eigenvalue weighted by Crippen LogP contribution is 2.20. The minimum absolute atomic E-state index is 0.382. The summed E-state index contributed by atoms with van der Waals surface area (Å²) in [4.78, 5) is 29.4. The molecule has 9 heteroatoms. The Morgan fingerprint density at radius 3 is 1.97 bits per heavy atom. The van der Waals surface area contributed by atoms with Gasteiger partial charge in [-0.1, -0.05) is 54.6 Å². The van der Waals surface area contributed by atoms with Crippen molar-refractivity contribution in [2.24, 2.45) is 0 Å². The molecule has 0 aliphatic rings. The van der Waals surface area contributed by atoms with Crippen molar-refractivity contribution < 1.29 is 9.59 Å². The number of rotatable bonds is 6. The van der Waals surface area contributed by atoms with Gasteiger partial charge in [0.15, 0.2) is 5.82 Å². The molecule has 0 bridgehead atoms. The van der Waals surface area contributed by atoms with Gasteiger partial charge < -0.3 is 21.3 Å². The lowest BCUT2D eigenvalue weighted by atomic mass is 10.1. The van der Waals surface area contributed by atoms with E-state index in [-0.39, 0.29) is 6.03 Å². The van der Waals surface area contributed by atoms with Gasteiger partial charge in [0.1, 0.15) is 11.9 Å². The van der Waals surface area contributed by atoms with Crippen molar-refractivity contribution in [3.8, 4) is 0 Å². The highest BCUT2D eigenvalue weighted by Gasteiger charge is 2.21. The molecule has 1 atom stereocenters. The number of aromatic nitrogens is 3. The second kappa shape index (κ2) is 10.1. The van der Waals surface area contributed by atoms with E-state index in [1.165, 1.54) is 0 Å². The van der Waals surface area contributed by atoms with Crippen molar-refractivity contribution in [3.05, 3.63) is 102 Å². The van der Waals surface area contributed by atoms with Crippen LogP contribution in [0.1, 0.15) is 23.3 Å². The maximum atomic E-state index is 12.8. The molecule has 5 N–H and O–H groups in total. The number of aromatic amines is 1. The molecule has 1 unspecified atom stereocenters. The quantitative estimate of drug-likeness (QED) is 0.298. The van der Waals surface area contributed by atoms with E-state index in [4.69, 9.17) is 0 Å². The van der Waals surface area contributed by atoms with Crippen LogP contribution in [0, 0.1) is 6.92 Å². The van der Waals surface area contributed by atoms with Crippen LogP contribution in [0.3, 0.4) is 0 Å². The molecule has 4 aromatic rings. The second-order valence-electron chi connectivity index (χ2n) is 7.25. The van der Waals surface area contributed by atoms with Crippen molar-refractivity contribution in [2.75, 3.05) is 16.0 Å². The number of para-hydroxylation sites is 1. The molecule has 0 saturated carbocycles.